The zero-order chi connectivity index (χ0) is 19.5. The zero-order valence-corrected chi connectivity index (χ0v) is 14.7. The maximum Gasteiger partial charge on any atom is 0.292 e. The predicted octanol–water partition coefficient (Wildman–Crippen LogP) is 2.93. The molecular weight excluding hydrogens is 360 g/mol. The summed E-state index contributed by atoms with van der Waals surface area (Å²) < 4.78 is 7.42. The number of nitro groups is 1. The number of nitrogens with zero attached hydrogens (tertiary/aromatic N) is 5. The summed E-state index contributed by atoms with van der Waals surface area (Å²) in [6.45, 7) is 0.335. The molecule has 0 aliphatic carbocycles. The first kappa shape index (κ1) is 17.4. The third kappa shape index (κ3) is 3.32. The van der Waals surface area contributed by atoms with Gasteiger partial charge in [-0.2, -0.15) is 0 Å². The molecule has 9 nitrogen and oxygen atoms in total. The van der Waals surface area contributed by atoms with E-state index in [1.165, 1.54) is 6.07 Å². The monoisotopic (exact) mass is 376 g/mol. The van der Waals surface area contributed by atoms with Crippen LogP contribution in [-0.4, -0.2) is 31.0 Å². The van der Waals surface area contributed by atoms with Crippen molar-refractivity contribution in [2.24, 2.45) is 0 Å². The summed E-state index contributed by atoms with van der Waals surface area (Å²) in [4.78, 5) is 23.8. The molecule has 28 heavy (non-hydrogen) atoms. The highest BCUT2D eigenvalue weighted by Crippen LogP contribution is 2.32. The molecule has 4 aromatic rings. The standard InChI is InChI=1S/C19H16N6O3/c20-18-16(25(26)27)7-6-14-17(18)15(8-11-28-13-4-2-1-3-5-13)23-19(22-14)24-10-9-21-12-24/h1-7,9-10,12H,8,11,20H2. The molecule has 0 amide bonds. The van der Waals surface area contributed by atoms with Crippen molar-refractivity contribution in [3.63, 3.8) is 0 Å². The summed E-state index contributed by atoms with van der Waals surface area (Å²) >= 11 is 0. The molecule has 0 aliphatic heterocycles. The Morgan fingerprint density at radius 3 is 2.68 bits per heavy atom. The summed E-state index contributed by atoms with van der Waals surface area (Å²) in [5, 5.41) is 11.7. The quantitative estimate of drug-likeness (QED) is 0.312. The zero-order valence-electron chi connectivity index (χ0n) is 14.7. The number of fused-ring (bicyclic) bond motifs is 1. The fraction of sp³-hybridized carbons (Fsp3) is 0.105. The van der Waals surface area contributed by atoms with E-state index in [1.54, 1.807) is 29.4 Å². The normalized spacial score (nSPS) is 10.9. The fourth-order valence-corrected chi connectivity index (χ4v) is 2.92. The Morgan fingerprint density at radius 1 is 1.14 bits per heavy atom. The highest BCUT2D eigenvalue weighted by atomic mass is 16.6. The van der Waals surface area contributed by atoms with Crippen molar-refractivity contribution in [3.8, 4) is 11.7 Å². The molecule has 140 valence electrons. The number of nitro benzene ring substituents is 1. The van der Waals surface area contributed by atoms with E-state index < -0.39 is 4.92 Å². The van der Waals surface area contributed by atoms with E-state index in [0.29, 0.717) is 35.6 Å². The minimum absolute atomic E-state index is 0.0504. The van der Waals surface area contributed by atoms with Gasteiger partial charge < -0.3 is 10.5 Å². The summed E-state index contributed by atoms with van der Waals surface area (Å²) in [5.41, 5.74) is 7.07. The van der Waals surface area contributed by atoms with Gasteiger partial charge in [0.15, 0.2) is 0 Å². The van der Waals surface area contributed by atoms with Crippen molar-refractivity contribution in [1.82, 2.24) is 19.5 Å². The van der Waals surface area contributed by atoms with Gasteiger partial charge in [0.05, 0.1) is 28.1 Å². The summed E-state index contributed by atoms with van der Waals surface area (Å²) in [5.74, 6) is 1.14. The van der Waals surface area contributed by atoms with Crippen molar-refractivity contribution in [2.75, 3.05) is 12.3 Å². The van der Waals surface area contributed by atoms with Gasteiger partial charge >= 0.3 is 0 Å². The second-order valence-electron chi connectivity index (χ2n) is 6.00. The van der Waals surface area contributed by atoms with Crippen molar-refractivity contribution < 1.29 is 9.66 Å². The molecule has 0 radical (unpaired) electrons. The molecule has 0 saturated heterocycles. The minimum atomic E-state index is -0.511. The van der Waals surface area contributed by atoms with Crippen LogP contribution in [0.1, 0.15) is 5.69 Å². The van der Waals surface area contributed by atoms with Crippen molar-refractivity contribution >= 4 is 22.3 Å². The van der Waals surface area contributed by atoms with Gasteiger partial charge in [0.2, 0.25) is 5.95 Å². The van der Waals surface area contributed by atoms with E-state index in [4.69, 9.17) is 10.5 Å². The van der Waals surface area contributed by atoms with Crippen LogP contribution in [0.3, 0.4) is 0 Å². The molecule has 9 heteroatoms. The van der Waals surface area contributed by atoms with Crippen molar-refractivity contribution in [1.29, 1.82) is 0 Å². The van der Waals surface area contributed by atoms with E-state index >= 15 is 0 Å². The molecule has 4 rings (SSSR count). The van der Waals surface area contributed by atoms with E-state index in [9.17, 15) is 10.1 Å². The number of para-hydroxylation sites is 1. The number of nitrogen functional groups attached to an aromatic ring is 1. The third-order valence-corrected chi connectivity index (χ3v) is 4.23. The second-order valence-corrected chi connectivity index (χ2v) is 6.00. The van der Waals surface area contributed by atoms with Gasteiger partial charge in [0, 0.05) is 24.9 Å². The summed E-state index contributed by atoms with van der Waals surface area (Å²) in [7, 11) is 0. The van der Waals surface area contributed by atoms with E-state index in [2.05, 4.69) is 15.0 Å². The maximum atomic E-state index is 11.3. The summed E-state index contributed by atoms with van der Waals surface area (Å²) in [6.07, 6.45) is 5.33. The molecule has 0 unspecified atom stereocenters. The molecule has 0 atom stereocenters. The Bertz CT molecular complexity index is 1130. The van der Waals surface area contributed by atoms with Crippen LogP contribution in [0, 0.1) is 10.1 Å². The van der Waals surface area contributed by atoms with Crippen molar-refractivity contribution in [2.45, 2.75) is 6.42 Å². The Labute approximate surface area is 159 Å². The molecular formula is C19H16N6O3. The number of nitrogens with two attached hydrogens (primary N) is 1. The summed E-state index contributed by atoms with van der Waals surface area (Å²) in [6, 6.07) is 12.3. The topological polar surface area (TPSA) is 122 Å². The molecule has 2 heterocycles. The molecule has 2 aromatic carbocycles. The predicted molar refractivity (Wildman–Crippen MR) is 103 cm³/mol. The van der Waals surface area contributed by atoms with Gasteiger partial charge in [-0.15, -0.1) is 0 Å². The maximum absolute atomic E-state index is 11.3. The van der Waals surface area contributed by atoms with E-state index in [-0.39, 0.29) is 11.4 Å². The van der Waals surface area contributed by atoms with Crippen LogP contribution in [-0.2, 0) is 6.42 Å². The first-order valence-corrected chi connectivity index (χ1v) is 8.53. The number of rotatable bonds is 6. The van der Waals surface area contributed by atoms with Crippen LogP contribution in [0.4, 0.5) is 11.4 Å². The fourth-order valence-electron chi connectivity index (χ4n) is 2.92. The van der Waals surface area contributed by atoms with Crippen LogP contribution in [0.15, 0.2) is 61.2 Å². The van der Waals surface area contributed by atoms with Crippen molar-refractivity contribution in [3.05, 3.63) is 77.0 Å². The molecule has 2 N–H and O–H groups in total. The molecule has 0 aliphatic rings. The molecule has 0 spiro atoms. The highest BCUT2D eigenvalue weighted by molar-refractivity contribution is 5.97. The lowest BCUT2D eigenvalue weighted by Gasteiger charge is -2.12. The number of aromatic nitrogens is 4. The van der Waals surface area contributed by atoms with Crippen LogP contribution in [0.25, 0.3) is 16.9 Å². The second kappa shape index (κ2) is 7.31. The van der Waals surface area contributed by atoms with Gasteiger partial charge in [-0.3, -0.25) is 14.7 Å². The number of hydrogen-bond donors (Lipinski definition) is 1. The molecule has 0 fully saturated rings. The Balaban J connectivity index is 1.76. The lowest BCUT2D eigenvalue weighted by molar-refractivity contribution is -0.383. The average Bonchev–Trinajstić information content (AvgIpc) is 3.23. The molecule has 2 aromatic heterocycles. The Kier molecular flexibility index (Phi) is 4.55. The van der Waals surface area contributed by atoms with Gasteiger partial charge in [-0.1, -0.05) is 18.2 Å². The van der Waals surface area contributed by atoms with Crippen LogP contribution in [0.5, 0.6) is 5.75 Å². The minimum Gasteiger partial charge on any atom is -0.493 e. The molecule has 0 bridgehead atoms. The number of ether oxygens (including phenoxy) is 1. The first-order chi connectivity index (χ1) is 13.6. The van der Waals surface area contributed by atoms with Gasteiger partial charge in [-0.25, -0.2) is 15.0 Å². The average molecular weight is 376 g/mol. The SMILES string of the molecule is Nc1c([N+](=O)[O-])ccc2nc(-n3ccnc3)nc(CCOc3ccccc3)c12. The highest BCUT2D eigenvalue weighted by Gasteiger charge is 2.19. The number of benzene rings is 2. The van der Waals surface area contributed by atoms with Crippen LogP contribution >= 0.6 is 0 Å². The van der Waals surface area contributed by atoms with E-state index in [1.807, 2.05) is 30.3 Å². The Hall–Kier alpha value is -4.01. The molecule has 0 saturated carbocycles. The lowest BCUT2D eigenvalue weighted by atomic mass is 10.1. The first-order valence-electron chi connectivity index (χ1n) is 8.53. The van der Waals surface area contributed by atoms with E-state index in [0.717, 1.165) is 5.75 Å². The van der Waals surface area contributed by atoms with Crippen LogP contribution in [0.2, 0.25) is 0 Å². The third-order valence-electron chi connectivity index (χ3n) is 4.23. The number of imidazole rings is 1. The Morgan fingerprint density at radius 2 is 1.96 bits per heavy atom. The lowest BCUT2D eigenvalue weighted by Crippen LogP contribution is -2.09. The number of anilines is 1. The smallest absolute Gasteiger partial charge is 0.292 e. The van der Waals surface area contributed by atoms with Crippen LogP contribution < -0.4 is 10.5 Å². The van der Waals surface area contributed by atoms with Gasteiger partial charge in [0.25, 0.3) is 5.69 Å². The number of hydrogen-bond acceptors (Lipinski definition) is 7. The van der Waals surface area contributed by atoms with Gasteiger partial charge in [-0.05, 0) is 18.2 Å². The largest absolute Gasteiger partial charge is 0.493 e. The van der Waals surface area contributed by atoms with Gasteiger partial charge in [0.1, 0.15) is 17.8 Å².